The van der Waals surface area contributed by atoms with Gasteiger partial charge in [0.15, 0.2) is 0 Å². The van der Waals surface area contributed by atoms with Crippen molar-refractivity contribution in [2.45, 2.75) is 39.0 Å². The lowest BCUT2D eigenvalue weighted by atomic mass is 9.96. The summed E-state index contributed by atoms with van der Waals surface area (Å²) in [6, 6.07) is 10.6. The zero-order valence-electron chi connectivity index (χ0n) is 11.2. The molecular formula is C18H22. The summed E-state index contributed by atoms with van der Waals surface area (Å²) in [5.41, 5.74) is 4.13. The highest BCUT2D eigenvalue weighted by Crippen LogP contribution is 2.24. The SMILES string of the molecule is CCCCCC=C1C=CC(c2ccccc2)=CC1. The van der Waals surface area contributed by atoms with Gasteiger partial charge in [0.05, 0.1) is 0 Å². The van der Waals surface area contributed by atoms with Gasteiger partial charge in [-0.3, -0.25) is 0 Å². The molecule has 0 aliphatic heterocycles. The second-order valence-electron chi connectivity index (χ2n) is 4.84. The maximum absolute atomic E-state index is 2.39. The summed E-state index contributed by atoms with van der Waals surface area (Å²) >= 11 is 0. The zero-order chi connectivity index (χ0) is 12.6. The van der Waals surface area contributed by atoms with Gasteiger partial charge < -0.3 is 0 Å². The molecule has 0 spiro atoms. The van der Waals surface area contributed by atoms with Crippen molar-refractivity contribution in [2.75, 3.05) is 0 Å². The lowest BCUT2D eigenvalue weighted by Gasteiger charge is -2.09. The number of benzene rings is 1. The second-order valence-corrected chi connectivity index (χ2v) is 4.84. The van der Waals surface area contributed by atoms with Crippen LogP contribution in [0.25, 0.3) is 5.57 Å². The van der Waals surface area contributed by atoms with E-state index >= 15 is 0 Å². The normalized spacial score (nSPS) is 16.9. The average Bonchev–Trinajstić information content (AvgIpc) is 2.45. The van der Waals surface area contributed by atoms with E-state index in [0.29, 0.717) is 0 Å². The van der Waals surface area contributed by atoms with Crippen LogP contribution in [0.2, 0.25) is 0 Å². The first kappa shape index (κ1) is 12.9. The standard InChI is InChI=1S/C18H22/c1-2-3-4-6-9-16-12-14-18(15-13-16)17-10-7-5-8-11-17/h5,7-12,14-15H,2-4,6,13H2,1H3. The van der Waals surface area contributed by atoms with Crippen molar-refractivity contribution in [3.63, 3.8) is 0 Å². The molecule has 0 aromatic heterocycles. The van der Waals surface area contributed by atoms with Crippen molar-refractivity contribution >= 4 is 5.57 Å². The summed E-state index contributed by atoms with van der Waals surface area (Å²) in [6.07, 6.45) is 15.5. The molecule has 1 aliphatic carbocycles. The van der Waals surface area contributed by atoms with E-state index in [-0.39, 0.29) is 0 Å². The number of hydrogen-bond donors (Lipinski definition) is 0. The van der Waals surface area contributed by atoms with Gasteiger partial charge in [-0.25, -0.2) is 0 Å². The Morgan fingerprint density at radius 3 is 2.56 bits per heavy atom. The third kappa shape index (κ3) is 3.73. The van der Waals surface area contributed by atoms with E-state index in [1.165, 1.54) is 42.4 Å². The fourth-order valence-corrected chi connectivity index (χ4v) is 2.24. The molecule has 0 nitrogen and oxygen atoms in total. The highest BCUT2D eigenvalue weighted by atomic mass is 14.1. The van der Waals surface area contributed by atoms with Crippen molar-refractivity contribution in [3.05, 3.63) is 65.8 Å². The monoisotopic (exact) mass is 238 g/mol. The van der Waals surface area contributed by atoms with Gasteiger partial charge in [0.25, 0.3) is 0 Å². The Bertz CT molecular complexity index is 446. The molecule has 1 aliphatic rings. The van der Waals surface area contributed by atoms with Gasteiger partial charge in [0, 0.05) is 0 Å². The van der Waals surface area contributed by atoms with Gasteiger partial charge in [0.2, 0.25) is 0 Å². The first-order valence-corrected chi connectivity index (χ1v) is 7.03. The van der Waals surface area contributed by atoms with Crippen LogP contribution in [0, 0.1) is 0 Å². The Balaban J connectivity index is 1.91. The minimum Gasteiger partial charge on any atom is -0.0810 e. The van der Waals surface area contributed by atoms with Gasteiger partial charge >= 0.3 is 0 Å². The van der Waals surface area contributed by atoms with E-state index in [9.17, 15) is 0 Å². The Morgan fingerprint density at radius 1 is 1.06 bits per heavy atom. The molecule has 0 atom stereocenters. The van der Waals surface area contributed by atoms with Crippen LogP contribution >= 0.6 is 0 Å². The van der Waals surface area contributed by atoms with E-state index in [4.69, 9.17) is 0 Å². The van der Waals surface area contributed by atoms with Crippen molar-refractivity contribution in [1.82, 2.24) is 0 Å². The van der Waals surface area contributed by atoms with Crippen LogP contribution in [-0.4, -0.2) is 0 Å². The quantitative estimate of drug-likeness (QED) is 0.591. The number of allylic oxidation sites excluding steroid dienone is 6. The minimum absolute atomic E-state index is 1.08. The van der Waals surface area contributed by atoms with Crippen LogP contribution in [-0.2, 0) is 0 Å². The first-order valence-electron chi connectivity index (χ1n) is 7.03. The number of hydrogen-bond acceptors (Lipinski definition) is 0. The van der Waals surface area contributed by atoms with E-state index < -0.39 is 0 Å². The first-order chi connectivity index (χ1) is 8.90. The summed E-state index contributed by atoms with van der Waals surface area (Å²) in [5, 5.41) is 0. The average molecular weight is 238 g/mol. The molecule has 94 valence electrons. The molecule has 0 bridgehead atoms. The van der Waals surface area contributed by atoms with Crippen molar-refractivity contribution in [1.29, 1.82) is 0 Å². The lowest BCUT2D eigenvalue weighted by Crippen LogP contribution is -1.88. The second kappa shape index (κ2) is 7.00. The van der Waals surface area contributed by atoms with E-state index in [1.807, 2.05) is 0 Å². The lowest BCUT2D eigenvalue weighted by molar-refractivity contribution is 0.727. The molecule has 0 fully saturated rings. The Labute approximate surface area is 111 Å². The molecule has 0 radical (unpaired) electrons. The highest BCUT2D eigenvalue weighted by Gasteiger charge is 2.02. The molecule has 0 heteroatoms. The van der Waals surface area contributed by atoms with Gasteiger partial charge in [-0.1, -0.05) is 74.4 Å². The number of rotatable bonds is 5. The highest BCUT2D eigenvalue weighted by molar-refractivity contribution is 5.76. The third-order valence-electron chi connectivity index (χ3n) is 3.36. The fraction of sp³-hybridized carbons (Fsp3) is 0.333. The molecule has 0 heterocycles. The summed E-state index contributed by atoms with van der Waals surface area (Å²) in [5.74, 6) is 0. The molecule has 0 saturated carbocycles. The molecule has 0 unspecified atom stereocenters. The van der Waals surface area contributed by atoms with Crippen LogP contribution in [0.3, 0.4) is 0 Å². The predicted molar refractivity (Wildman–Crippen MR) is 80.4 cm³/mol. The van der Waals surface area contributed by atoms with Crippen molar-refractivity contribution in [2.24, 2.45) is 0 Å². The smallest absolute Gasteiger partial charge is 0.00914 e. The predicted octanol–water partition coefficient (Wildman–Crippen LogP) is 5.54. The van der Waals surface area contributed by atoms with Gasteiger partial charge in [-0.15, -0.1) is 0 Å². The topological polar surface area (TPSA) is 0 Å². The largest absolute Gasteiger partial charge is 0.0810 e. The zero-order valence-corrected chi connectivity index (χ0v) is 11.2. The molecule has 1 aromatic rings. The van der Waals surface area contributed by atoms with Gasteiger partial charge in [0.1, 0.15) is 0 Å². The van der Waals surface area contributed by atoms with Gasteiger partial charge in [-0.05, 0) is 36.0 Å². The van der Waals surface area contributed by atoms with Crippen molar-refractivity contribution < 1.29 is 0 Å². The van der Waals surface area contributed by atoms with Crippen LogP contribution in [0.15, 0.2) is 60.2 Å². The van der Waals surface area contributed by atoms with Crippen molar-refractivity contribution in [3.8, 4) is 0 Å². The molecule has 0 amide bonds. The van der Waals surface area contributed by atoms with E-state index in [1.54, 1.807) is 0 Å². The van der Waals surface area contributed by atoms with E-state index in [2.05, 4.69) is 61.6 Å². The van der Waals surface area contributed by atoms with Crippen LogP contribution in [0.4, 0.5) is 0 Å². The third-order valence-corrected chi connectivity index (χ3v) is 3.36. The summed E-state index contributed by atoms with van der Waals surface area (Å²) in [7, 11) is 0. The molecule has 0 N–H and O–H groups in total. The maximum Gasteiger partial charge on any atom is -0.00914 e. The Morgan fingerprint density at radius 2 is 1.89 bits per heavy atom. The van der Waals surface area contributed by atoms with E-state index in [0.717, 1.165) is 6.42 Å². The molecular weight excluding hydrogens is 216 g/mol. The summed E-state index contributed by atoms with van der Waals surface area (Å²) < 4.78 is 0. The van der Waals surface area contributed by atoms with Gasteiger partial charge in [-0.2, -0.15) is 0 Å². The minimum atomic E-state index is 1.08. The Kier molecular flexibility index (Phi) is 5.01. The van der Waals surface area contributed by atoms with Crippen LogP contribution in [0.1, 0.15) is 44.6 Å². The molecule has 0 saturated heterocycles. The summed E-state index contributed by atoms with van der Waals surface area (Å²) in [6.45, 7) is 2.25. The molecule has 2 rings (SSSR count). The van der Waals surface area contributed by atoms with Crippen LogP contribution in [0.5, 0.6) is 0 Å². The molecule has 1 aromatic carbocycles. The van der Waals surface area contributed by atoms with Crippen LogP contribution < -0.4 is 0 Å². The fourth-order valence-electron chi connectivity index (χ4n) is 2.24. The Hall–Kier alpha value is -1.56. The summed E-state index contributed by atoms with van der Waals surface area (Å²) in [4.78, 5) is 0. The molecule has 18 heavy (non-hydrogen) atoms. The maximum atomic E-state index is 2.39. The number of unbranched alkanes of at least 4 members (excludes halogenated alkanes) is 3.